The van der Waals surface area contributed by atoms with Gasteiger partial charge >= 0.3 is 0 Å². The maximum atomic E-state index is 12.6. The molecule has 0 N–H and O–H groups in total. The van der Waals surface area contributed by atoms with Gasteiger partial charge in [-0.3, -0.25) is 4.79 Å². The second-order valence-electron chi connectivity index (χ2n) is 6.14. The molecule has 108 valence electrons. The SMILES string of the molecule is O=C1C(Cc2ccc(Cl)cc2)CCN1C1CCCCC1. The molecule has 1 aromatic carbocycles. The number of nitrogens with zero attached hydrogens (tertiary/aromatic N) is 1. The summed E-state index contributed by atoms with van der Waals surface area (Å²) in [6.07, 6.45) is 8.20. The van der Waals surface area contributed by atoms with Gasteiger partial charge in [-0.1, -0.05) is 43.0 Å². The lowest BCUT2D eigenvalue weighted by molar-refractivity contribution is -0.133. The number of hydrogen-bond acceptors (Lipinski definition) is 1. The van der Waals surface area contributed by atoms with Crippen molar-refractivity contribution in [2.75, 3.05) is 6.54 Å². The quantitative estimate of drug-likeness (QED) is 0.822. The molecular formula is C17H22ClNO. The summed E-state index contributed by atoms with van der Waals surface area (Å²) in [6, 6.07) is 8.42. The van der Waals surface area contributed by atoms with E-state index in [2.05, 4.69) is 4.90 Å². The van der Waals surface area contributed by atoms with E-state index in [0.29, 0.717) is 11.9 Å². The van der Waals surface area contributed by atoms with Crippen molar-refractivity contribution in [1.82, 2.24) is 4.90 Å². The van der Waals surface area contributed by atoms with Gasteiger partial charge in [0.2, 0.25) is 5.91 Å². The Hall–Kier alpha value is -1.02. The Bertz CT molecular complexity index is 464. The van der Waals surface area contributed by atoms with Crippen molar-refractivity contribution in [3.8, 4) is 0 Å². The molecule has 0 bridgehead atoms. The maximum absolute atomic E-state index is 12.6. The molecule has 0 radical (unpaired) electrons. The van der Waals surface area contributed by atoms with E-state index in [-0.39, 0.29) is 5.92 Å². The van der Waals surface area contributed by atoms with Crippen LogP contribution in [-0.2, 0) is 11.2 Å². The second-order valence-corrected chi connectivity index (χ2v) is 6.58. The van der Waals surface area contributed by atoms with Gasteiger partial charge in [0.15, 0.2) is 0 Å². The summed E-state index contributed by atoms with van der Waals surface area (Å²) in [7, 11) is 0. The fourth-order valence-corrected chi connectivity index (χ4v) is 3.74. The molecule has 1 unspecified atom stereocenters. The van der Waals surface area contributed by atoms with Crippen LogP contribution >= 0.6 is 11.6 Å². The molecule has 1 saturated heterocycles. The van der Waals surface area contributed by atoms with E-state index >= 15 is 0 Å². The fraction of sp³-hybridized carbons (Fsp3) is 0.588. The first kappa shape index (κ1) is 13.9. The minimum Gasteiger partial charge on any atom is -0.339 e. The van der Waals surface area contributed by atoms with Crippen LogP contribution in [0.4, 0.5) is 0 Å². The van der Waals surface area contributed by atoms with Crippen LogP contribution in [0, 0.1) is 5.92 Å². The van der Waals surface area contributed by atoms with Crippen LogP contribution in [0.1, 0.15) is 44.1 Å². The first-order valence-electron chi connectivity index (χ1n) is 7.79. The molecule has 1 saturated carbocycles. The van der Waals surface area contributed by atoms with Crippen molar-refractivity contribution < 1.29 is 4.79 Å². The highest BCUT2D eigenvalue weighted by atomic mass is 35.5. The predicted octanol–water partition coefficient (Wildman–Crippen LogP) is 4.06. The minimum absolute atomic E-state index is 0.179. The highest BCUT2D eigenvalue weighted by molar-refractivity contribution is 6.30. The van der Waals surface area contributed by atoms with Crippen molar-refractivity contribution in [2.45, 2.75) is 51.0 Å². The van der Waals surface area contributed by atoms with Gasteiger partial charge in [-0.05, 0) is 43.4 Å². The van der Waals surface area contributed by atoms with Gasteiger partial charge in [0.1, 0.15) is 0 Å². The minimum atomic E-state index is 0.179. The van der Waals surface area contributed by atoms with Crippen molar-refractivity contribution >= 4 is 17.5 Å². The highest BCUT2D eigenvalue weighted by Crippen LogP contribution is 2.30. The Kier molecular flexibility index (Phi) is 4.30. The molecule has 3 rings (SSSR count). The van der Waals surface area contributed by atoms with E-state index in [1.54, 1.807) is 0 Å². The van der Waals surface area contributed by atoms with Crippen LogP contribution in [0.5, 0.6) is 0 Å². The Morgan fingerprint density at radius 2 is 1.75 bits per heavy atom. The van der Waals surface area contributed by atoms with Crippen LogP contribution in [0.25, 0.3) is 0 Å². The van der Waals surface area contributed by atoms with E-state index < -0.39 is 0 Å². The number of carbonyl (C=O) groups excluding carboxylic acids is 1. The summed E-state index contributed by atoms with van der Waals surface area (Å²) in [5.41, 5.74) is 1.22. The molecule has 1 aliphatic carbocycles. The third-order valence-corrected chi connectivity index (χ3v) is 5.01. The maximum Gasteiger partial charge on any atom is 0.226 e. The Morgan fingerprint density at radius 3 is 2.45 bits per heavy atom. The predicted molar refractivity (Wildman–Crippen MR) is 81.8 cm³/mol. The molecule has 2 nitrogen and oxygen atoms in total. The van der Waals surface area contributed by atoms with Gasteiger partial charge in [-0.15, -0.1) is 0 Å². The van der Waals surface area contributed by atoms with Gasteiger partial charge in [0, 0.05) is 23.5 Å². The number of hydrogen-bond donors (Lipinski definition) is 0. The number of rotatable bonds is 3. The Labute approximate surface area is 126 Å². The van der Waals surface area contributed by atoms with Gasteiger partial charge in [-0.2, -0.15) is 0 Å². The normalized spacial score (nSPS) is 24.4. The first-order chi connectivity index (χ1) is 9.74. The highest BCUT2D eigenvalue weighted by Gasteiger charge is 2.35. The molecular weight excluding hydrogens is 270 g/mol. The van der Waals surface area contributed by atoms with Gasteiger partial charge in [-0.25, -0.2) is 0 Å². The van der Waals surface area contributed by atoms with E-state index in [9.17, 15) is 4.79 Å². The summed E-state index contributed by atoms with van der Waals surface area (Å²) in [4.78, 5) is 14.7. The number of amides is 1. The summed E-state index contributed by atoms with van der Waals surface area (Å²) in [5.74, 6) is 0.560. The molecule has 20 heavy (non-hydrogen) atoms. The molecule has 1 atom stereocenters. The Morgan fingerprint density at radius 1 is 1.05 bits per heavy atom. The Balaban J connectivity index is 1.61. The lowest BCUT2D eigenvalue weighted by Crippen LogP contribution is -2.39. The van der Waals surface area contributed by atoms with Gasteiger partial charge < -0.3 is 4.90 Å². The van der Waals surface area contributed by atoms with Crippen molar-refractivity contribution in [3.05, 3.63) is 34.9 Å². The zero-order chi connectivity index (χ0) is 13.9. The number of benzene rings is 1. The fourth-order valence-electron chi connectivity index (χ4n) is 3.61. The molecule has 3 heteroatoms. The lowest BCUT2D eigenvalue weighted by atomic mass is 9.94. The van der Waals surface area contributed by atoms with E-state index in [1.165, 1.54) is 37.7 Å². The third-order valence-electron chi connectivity index (χ3n) is 4.76. The second kappa shape index (κ2) is 6.17. The number of carbonyl (C=O) groups is 1. The van der Waals surface area contributed by atoms with Crippen molar-refractivity contribution in [3.63, 3.8) is 0 Å². The van der Waals surface area contributed by atoms with Crippen LogP contribution in [-0.4, -0.2) is 23.4 Å². The summed E-state index contributed by atoms with van der Waals surface area (Å²) in [5, 5.41) is 0.760. The largest absolute Gasteiger partial charge is 0.339 e. The average Bonchev–Trinajstić information content (AvgIpc) is 2.84. The average molecular weight is 292 g/mol. The van der Waals surface area contributed by atoms with Gasteiger partial charge in [0.25, 0.3) is 0 Å². The monoisotopic (exact) mass is 291 g/mol. The van der Waals surface area contributed by atoms with E-state index in [0.717, 1.165) is 24.4 Å². The summed E-state index contributed by atoms with van der Waals surface area (Å²) >= 11 is 5.91. The molecule has 0 aromatic heterocycles. The molecule has 1 amide bonds. The lowest BCUT2D eigenvalue weighted by Gasteiger charge is -2.31. The molecule has 1 aromatic rings. The summed E-state index contributed by atoms with van der Waals surface area (Å²) < 4.78 is 0. The van der Waals surface area contributed by atoms with E-state index in [4.69, 9.17) is 11.6 Å². The molecule has 2 aliphatic rings. The topological polar surface area (TPSA) is 20.3 Å². The van der Waals surface area contributed by atoms with Crippen LogP contribution in [0.2, 0.25) is 5.02 Å². The first-order valence-corrected chi connectivity index (χ1v) is 8.17. The standard InChI is InChI=1S/C17H22ClNO/c18-15-8-6-13(7-9-15)12-14-10-11-19(17(14)20)16-4-2-1-3-5-16/h6-9,14,16H,1-5,10-12H2. The number of likely N-dealkylation sites (tertiary alicyclic amines) is 1. The molecule has 0 spiro atoms. The third kappa shape index (κ3) is 3.01. The van der Waals surface area contributed by atoms with Crippen LogP contribution in [0.15, 0.2) is 24.3 Å². The zero-order valence-electron chi connectivity index (χ0n) is 11.9. The summed E-state index contributed by atoms with van der Waals surface area (Å²) in [6.45, 7) is 0.960. The molecule has 2 fully saturated rings. The number of halogens is 1. The van der Waals surface area contributed by atoms with E-state index in [1.807, 2.05) is 24.3 Å². The van der Waals surface area contributed by atoms with Crippen LogP contribution in [0.3, 0.4) is 0 Å². The van der Waals surface area contributed by atoms with Gasteiger partial charge in [0.05, 0.1) is 0 Å². The van der Waals surface area contributed by atoms with Crippen molar-refractivity contribution in [1.29, 1.82) is 0 Å². The molecule has 1 aliphatic heterocycles. The van der Waals surface area contributed by atoms with Crippen molar-refractivity contribution in [2.24, 2.45) is 5.92 Å². The zero-order valence-corrected chi connectivity index (χ0v) is 12.6. The molecule has 1 heterocycles. The van der Waals surface area contributed by atoms with Crippen LogP contribution < -0.4 is 0 Å². The smallest absolute Gasteiger partial charge is 0.226 e.